The molecule has 2 aromatic heterocycles. The van der Waals surface area contributed by atoms with E-state index in [1.807, 2.05) is 52.0 Å². The van der Waals surface area contributed by atoms with E-state index in [9.17, 15) is 4.79 Å². The van der Waals surface area contributed by atoms with Crippen LogP contribution >= 0.6 is 0 Å². The zero-order chi connectivity index (χ0) is 20.9. The topological polar surface area (TPSA) is 83.2 Å². The Kier molecular flexibility index (Phi) is 5.76. The van der Waals surface area contributed by atoms with E-state index in [-0.39, 0.29) is 5.91 Å². The first-order valence-corrected chi connectivity index (χ1v) is 9.61. The van der Waals surface area contributed by atoms with Gasteiger partial charge in [0.05, 0.1) is 31.4 Å². The lowest BCUT2D eigenvalue weighted by Gasteiger charge is -2.13. The van der Waals surface area contributed by atoms with Crippen LogP contribution in [0.25, 0.3) is 16.6 Å². The molecule has 0 unspecified atom stereocenters. The normalized spacial score (nSPS) is 11.0. The van der Waals surface area contributed by atoms with Crippen molar-refractivity contribution in [2.75, 3.05) is 27.4 Å². The van der Waals surface area contributed by atoms with E-state index in [1.165, 1.54) is 0 Å². The van der Waals surface area contributed by atoms with Crippen LogP contribution in [-0.2, 0) is 11.3 Å². The van der Waals surface area contributed by atoms with Gasteiger partial charge in [-0.15, -0.1) is 0 Å². The molecule has 2 heterocycles. The molecule has 1 N–H and O–H groups in total. The molecule has 0 aliphatic heterocycles. The first-order chi connectivity index (χ1) is 14.7. The Hall–Kier alpha value is -3.65. The lowest BCUT2D eigenvalue weighted by atomic mass is 10.1. The van der Waals surface area contributed by atoms with E-state index in [0.29, 0.717) is 25.3 Å². The molecule has 1 amide bonds. The fraction of sp³-hybridized carbons (Fsp3) is 0.227. The van der Waals surface area contributed by atoms with Gasteiger partial charge in [-0.05, 0) is 29.8 Å². The average molecular weight is 405 g/mol. The molecule has 4 rings (SSSR count). The lowest BCUT2D eigenvalue weighted by molar-refractivity contribution is 0.0963. The van der Waals surface area contributed by atoms with Crippen LogP contribution in [-0.4, -0.2) is 52.6 Å². The van der Waals surface area contributed by atoms with Crippen LogP contribution in [0.15, 0.2) is 61.3 Å². The molecule has 0 saturated heterocycles. The maximum absolute atomic E-state index is 12.0. The van der Waals surface area contributed by atoms with Gasteiger partial charge in [-0.1, -0.05) is 12.1 Å². The van der Waals surface area contributed by atoms with Crippen LogP contribution in [0.4, 0.5) is 0 Å². The molecule has 0 aliphatic carbocycles. The van der Waals surface area contributed by atoms with Gasteiger partial charge < -0.3 is 19.4 Å². The number of imidazole rings is 1. The molecule has 0 fully saturated rings. The second-order valence-electron chi connectivity index (χ2n) is 6.74. The molecule has 8 nitrogen and oxygen atoms in total. The Labute approximate surface area is 174 Å². The third kappa shape index (κ3) is 3.90. The number of nitrogens with one attached hydrogen (secondary N) is 1. The molecule has 0 aliphatic rings. The number of nitrogens with zero attached hydrogens (tertiary/aromatic N) is 4. The molecule has 4 aromatic rings. The van der Waals surface area contributed by atoms with Gasteiger partial charge in [0.15, 0.2) is 0 Å². The molecule has 0 atom stereocenters. The first kappa shape index (κ1) is 19.7. The summed E-state index contributed by atoms with van der Waals surface area (Å²) in [6, 6.07) is 11.4. The molecule has 8 heteroatoms. The third-order valence-corrected chi connectivity index (χ3v) is 4.82. The second kappa shape index (κ2) is 8.79. The summed E-state index contributed by atoms with van der Waals surface area (Å²) in [7, 11) is 3.27. The third-order valence-electron chi connectivity index (χ3n) is 4.82. The molecule has 0 saturated carbocycles. The number of carbonyl (C=O) groups excluding carboxylic acids is 1. The highest BCUT2D eigenvalue weighted by Gasteiger charge is 2.15. The Morgan fingerprint density at radius 2 is 2.10 bits per heavy atom. The second-order valence-corrected chi connectivity index (χ2v) is 6.74. The molecular formula is C22H23N5O3. The van der Waals surface area contributed by atoms with Gasteiger partial charge in [-0.25, -0.2) is 4.98 Å². The van der Waals surface area contributed by atoms with Gasteiger partial charge in [0, 0.05) is 37.5 Å². The Morgan fingerprint density at radius 1 is 1.20 bits per heavy atom. The van der Waals surface area contributed by atoms with Gasteiger partial charge in [-0.2, -0.15) is 5.10 Å². The lowest BCUT2D eigenvalue weighted by Crippen LogP contribution is -2.18. The number of benzene rings is 2. The minimum absolute atomic E-state index is 0.117. The quantitative estimate of drug-likeness (QED) is 0.456. The molecule has 0 radical (unpaired) electrons. The summed E-state index contributed by atoms with van der Waals surface area (Å²) >= 11 is 0. The summed E-state index contributed by atoms with van der Waals surface area (Å²) in [5.74, 6) is 0.610. The van der Waals surface area contributed by atoms with Crippen molar-refractivity contribution < 1.29 is 14.3 Å². The smallest absolute Gasteiger partial charge is 0.251 e. The van der Waals surface area contributed by atoms with Gasteiger partial charge in [-0.3, -0.25) is 9.48 Å². The highest BCUT2D eigenvalue weighted by molar-refractivity contribution is 5.94. The first-order valence-electron chi connectivity index (χ1n) is 9.61. The minimum atomic E-state index is -0.117. The number of hydrogen-bond acceptors (Lipinski definition) is 5. The number of ether oxygens (including phenoxy) is 2. The van der Waals surface area contributed by atoms with Crippen molar-refractivity contribution in [2.24, 2.45) is 0 Å². The van der Waals surface area contributed by atoms with E-state index in [2.05, 4.69) is 15.4 Å². The highest BCUT2D eigenvalue weighted by Crippen LogP contribution is 2.31. The monoisotopic (exact) mass is 405 g/mol. The zero-order valence-electron chi connectivity index (χ0n) is 16.9. The van der Waals surface area contributed by atoms with E-state index in [0.717, 1.165) is 27.9 Å². The van der Waals surface area contributed by atoms with E-state index < -0.39 is 0 Å². The Bertz CT molecular complexity index is 1150. The van der Waals surface area contributed by atoms with Gasteiger partial charge in [0.1, 0.15) is 17.9 Å². The van der Waals surface area contributed by atoms with Gasteiger partial charge in [0.2, 0.25) is 0 Å². The molecule has 30 heavy (non-hydrogen) atoms. The van der Waals surface area contributed by atoms with E-state index in [4.69, 9.17) is 9.47 Å². The van der Waals surface area contributed by atoms with Gasteiger partial charge >= 0.3 is 0 Å². The van der Waals surface area contributed by atoms with Crippen molar-refractivity contribution in [3.8, 4) is 11.4 Å². The molecule has 2 aromatic carbocycles. The van der Waals surface area contributed by atoms with Crippen LogP contribution in [0.3, 0.4) is 0 Å². The fourth-order valence-corrected chi connectivity index (χ4v) is 3.38. The minimum Gasteiger partial charge on any atom is -0.489 e. The zero-order valence-corrected chi connectivity index (χ0v) is 16.9. The van der Waals surface area contributed by atoms with Crippen LogP contribution < -0.4 is 10.1 Å². The van der Waals surface area contributed by atoms with Crippen molar-refractivity contribution in [1.82, 2.24) is 24.6 Å². The molecule has 0 bridgehead atoms. The summed E-state index contributed by atoms with van der Waals surface area (Å²) in [5, 5.41) is 8.22. The number of amides is 1. The van der Waals surface area contributed by atoms with Crippen molar-refractivity contribution in [2.45, 2.75) is 6.54 Å². The number of aromatic nitrogens is 4. The molecule has 0 spiro atoms. The summed E-state index contributed by atoms with van der Waals surface area (Å²) in [6.45, 7) is 1.43. The van der Waals surface area contributed by atoms with E-state index >= 15 is 0 Å². The summed E-state index contributed by atoms with van der Waals surface area (Å²) in [4.78, 5) is 16.1. The van der Waals surface area contributed by atoms with Gasteiger partial charge in [0.25, 0.3) is 5.91 Å². The standard InChI is InChI=1S/C22H23N5O3/c1-23-22(28)17-5-3-4-16(12-17)14-27-21-18(13-25-27)19(26-9-8-24-15-26)6-7-20(21)30-11-10-29-2/h3-9,12-13,15H,10-11,14H2,1-2H3,(H,23,28). The SMILES string of the molecule is CNC(=O)c1cccc(Cn2ncc3c(-n4ccnc4)ccc(OCCOC)c32)c1. The maximum Gasteiger partial charge on any atom is 0.251 e. The predicted octanol–water partition coefficient (Wildman–Crippen LogP) is 2.66. The summed E-state index contributed by atoms with van der Waals surface area (Å²) < 4.78 is 14.9. The molecular weight excluding hydrogens is 382 g/mol. The Balaban J connectivity index is 1.76. The number of rotatable bonds is 8. The van der Waals surface area contributed by atoms with Crippen molar-refractivity contribution >= 4 is 16.8 Å². The number of hydrogen-bond donors (Lipinski definition) is 1. The van der Waals surface area contributed by atoms with Crippen LogP contribution in [0.2, 0.25) is 0 Å². The average Bonchev–Trinajstić information content (AvgIpc) is 3.45. The van der Waals surface area contributed by atoms with Crippen LogP contribution in [0.1, 0.15) is 15.9 Å². The molecule has 154 valence electrons. The number of methoxy groups -OCH3 is 1. The van der Waals surface area contributed by atoms with Crippen molar-refractivity contribution in [3.63, 3.8) is 0 Å². The summed E-state index contributed by atoms with van der Waals surface area (Å²) in [6.07, 6.45) is 7.22. The van der Waals surface area contributed by atoms with Crippen LogP contribution in [0, 0.1) is 0 Å². The van der Waals surface area contributed by atoms with E-state index in [1.54, 1.807) is 32.7 Å². The Morgan fingerprint density at radius 3 is 2.87 bits per heavy atom. The van der Waals surface area contributed by atoms with Crippen molar-refractivity contribution in [1.29, 1.82) is 0 Å². The highest BCUT2D eigenvalue weighted by atomic mass is 16.5. The number of carbonyl (C=O) groups is 1. The van der Waals surface area contributed by atoms with Crippen LogP contribution in [0.5, 0.6) is 5.75 Å². The largest absolute Gasteiger partial charge is 0.489 e. The summed E-state index contributed by atoms with van der Waals surface area (Å²) in [5.41, 5.74) is 3.42. The number of fused-ring (bicyclic) bond motifs is 1. The fourth-order valence-electron chi connectivity index (χ4n) is 3.38. The van der Waals surface area contributed by atoms with Crippen molar-refractivity contribution in [3.05, 3.63) is 72.4 Å². The predicted molar refractivity (Wildman–Crippen MR) is 113 cm³/mol. The maximum atomic E-state index is 12.0.